The summed E-state index contributed by atoms with van der Waals surface area (Å²) in [5, 5.41) is 26.7. The van der Waals surface area contributed by atoms with Crippen LogP contribution in [0.25, 0.3) is 17.1 Å². The van der Waals surface area contributed by atoms with Gasteiger partial charge in [0.1, 0.15) is 11.6 Å². The average molecular weight is 360 g/mol. The summed E-state index contributed by atoms with van der Waals surface area (Å²) < 4.78 is 3.52. The Morgan fingerprint density at radius 3 is 2.40 bits per heavy atom. The first-order valence-electron chi connectivity index (χ1n) is 7.53. The summed E-state index contributed by atoms with van der Waals surface area (Å²) in [5.74, 6) is 0.854. The maximum atomic E-state index is 9.57. The number of rotatable bonds is 3. The highest BCUT2D eigenvalue weighted by atomic mass is 35.5. The molecular formula is C17H18ClN5O2. The lowest BCUT2D eigenvalue weighted by atomic mass is 10.1. The molecule has 1 aromatic carbocycles. The number of phenolic OH excluding ortho intramolecular Hbond substituents is 1. The van der Waals surface area contributed by atoms with Gasteiger partial charge in [-0.15, -0.1) is 0 Å². The van der Waals surface area contributed by atoms with Gasteiger partial charge in [-0.05, 0) is 43.7 Å². The number of hydrogen-bond donors (Lipinski definition) is 3. The standard InChI is InChI=1S/C17H18ClN5O2/c1-9-8-20-22(3)17(9)23-14(16(19)21-25)10(2)13(18)15(23)11-4-6-12(24)7-5-11/h4-8,24-25H,1-3H3,(H2,19,21). The highest BCUT2D eigenvalue weighted by Gasteiger charge is 2.26. The van der Waals surface area contributed by atoms with Gasteiger partial charge in [0.15, 0.2) is 5.84 Å². The third-order valence-electron chi connectivity index (χ3n) is 4.13. The third-order valence-corrected chi connectivity index (χ3v) is 4.59. The van der Waals surface area contributed by atoms with Crippen molar-refractivity contribution in [2.24, 2.45) is 17.9 Å². The zero-order valence-electron chi connectivity index (χ0n) is 14.0. The number of aromatic hydroxyl groups is 1. The molecule has 3 rings (SSSR count). The summed E-state index contributed by atoms with van der Waals surface area (Å²) in [6.45, 7) is 3.73. The van der Waals surface area contributed by atoms with Gasteiger partial charge in [0, 0.05) is 18.2 Å². The molecular weight excluding hydrogens is 342 g/mol. The second kappa shape index (κ2) is 6.18. The molecule has 0 saturated carbocycles. The number of nitrogens with zero attached hydrogens (tertiary/aromatic N) is 4. The Morgan fingerprint density at radius 1 is 1.24 bits per heavy atom. The summed E-state index contributed by atoms with van der Waals surface area (Å²) in [7, 11) is 1.81. The summed E-state index contributed by atoms with van der Waals surface area (Å²) in [6.07, 6.45) is 1.73. The van der Waals surface area contributed by atoms with Crippen LogP contribution in [0.4, 0.5) is 0 Å². The second-order valence-electron chi connectivity index (χ2n) is 5.78. The van der Waals surface area contributed by atoms with Crippen molar-refractivity contribution in [2.75, 3.05) is 0 Å². The fraction of sp³-hybridized carbons (Fsp3) is 0.176. The molecule has 7 nitrogen and oxygen atoms in total. The van der Waals surface area contributed by atoms with Crippen LogP contribution in [0.15, 0.2) is 35.6 Å². The molecule has 2 aromatic heterocycles. The van der Waals surface area contributed by atoms with Crippen LogP contribution >= 0.6 is 11.6 Å². The van der Waals surface area contributed by atoms with Crippen molar-refractivity contribution in [1.29, 1.82) is 0 Å². The quantitative estimate of drug-likeness (QED) is 0.289. The normalized spacial score (nSPS) is 11.9. The van der Waals surface area contributed by atoms with Crippen molar-refractivity contribution in [3.05, 3.63) is 52.3 Å². The van der Waals surface area contributed by atoms with Crippen LogP contribution in [0.2, 0.25) is 5.02 Å². The van der Waals surface area contributed by atoms with Crippen LogP contribution < -0.4 is 5.73 Å². The largest absolute Gasteiger partial charge is 0.508 e. The van der Waals surface area contributed by atoms with E-state index in [-0.39, 0.29) is 11.6 Å². The molecule has 0 spiro atoms. The minimum Gasteiger partial charge on any atom is -0.508 e. The van der Waals surface area contributed by atoms with E-state index in [0.717, 1.165) is 16.9 Å². The summed E-state index contributed by atoms with van der Waals surface area (Å²) in [6, 6.07) is 6.68. The Bertz CT molecular complexity index is 951. The van der Waals surface area contributed by atoms with E-state index < -0.39 is 0 Å². The number of aryl methyl sites for hydroxylation is 2. The Morgan fingerprint density at radius 2 is 1.88 bits per heavy atom. The first-order chi connectivity index (χ1) is 11.9. The molecule has 0 atom stereocenters. The summed E-state index contributed by atoms with van der Waals surface area (Å²) >= 11 is 6.61. The predicted octanol–water partition coefficient (Wildman–Crippen LogP) is 2.95. The topological polar surface area (TPSA) is 102 Å². The van der Waals surface area contributed by atoms with E-state index in [1.54, 1.807) is 35.1 Å². The minimum absolute atomic E-state index is 0.0509. The predicted molar refractivity (Wildman–Crippen MR) is 96.6 cm³/mol. The highest BCUT2D eigenvalue weighted by Crippen LogP contribution is 2.38. The van der Waals surface area contributed by atoms with Crippen molar-refractivity contribution >= 4 is 17.4 Å². The fourth-order valence-electron chi connectivity index (χ4n) is 2.96. The van der Waals surface area contributed by atoms with Gasteiger partial charge in [-0.2, -0.15) is 5.10 Å². The van der Waals surface area contributed by atoms with E-state index >= 15 is 0 Å². The molecule has 2 heterocycles. The van der Waals surface area contributed by atoms with Crippen molar-refractivity contribution in [3.8, 4) is 22.8 Å². The Labute approximate surface area is 149 Å². The number of amidine groups is 1. The van der Waals surface area contributed by atoms with Gasteiger partial charge in [-0.3, -0.25) is 9.25 Å². The minimum atomic E-state index is -0.0509. The number of phenols is 1. The maximum absolute atomic E-state index is 9.57. The molecule has 0 amide bonds. The van der Waals surface area contributed by atoms with Crippen LogP contribution in [0.3, 0.4) is 0 Å². The van der Waals surface area contributed by atoms with Gasteiger partial charge in [0.2, 0.25) is 0 Å². The lowest BCUT2D eigenvalue weighted by Gasteiger charge is -2.15. The van der Waals surface area contributed by atoms with Crippen LogP contribution in [0.5, 0.6) is 5.75 Å². The Balaban J connectivity index is 2.45. The molecule has 0 aliphatic carbocycles. The molecule has 0 fully saturated rings. The monoisotopic (exact) mass is 359 g/mol. The van der Waals surface area contributed by atoms with Crippen molar-refractivity contribution in [1.82, 2.24) is 14.3 Å². The first-order valence-corrected chi connectivity index (χ1v) is 7.91. The van der Waals surface area contributed by atoms with Gasteiger partial charge < -0.3 is 16.0 Å². The smallest absolute Gasteiger partial charge is 0.187 e. The molecule has 3 aromatic rings. The highest BCUT2D eigenvalue weighted by molar-refractivity contribution is 6.34. The first kappa shape index (κ1) is 16.9. The molecule has 4 N–H and O–H groups in total. The number of halogens is 1. The van der Waals surface area contributed by atoms with Crippen LogP contribution in [-0.2, 0) is 7.05 Å². The molecule has 0 aliphatic rings. The number of nitrogens with two attached hydrogens (primary N) is 1. The van der Waals surface area contributed by atoms with E-state index in [9.17, 15) is 10.3 Å². The zero-order valence-corrected chi connectivity index (χ0v) is 14.8. The van der Waals surface area contributed by atoms with E-state index in [1.807, 2.05) is 25.5 Å². The van der Waals surface area contributed by atoms with E-state index in [1.165, 1.54) is 0 Å². The van der Waals surface area contributed by atoms with Crippen LogP contribution in [0.1, 0.15) is 16.8 Å². The Kier molecular flexibility index (Phi) is 4.18. The van der Waals surface area contributed by atoms with Gasteiger partial charge in [0.05, 0.1) is 22.6 Å². The molecule has 0 radical (unpaired) electrons. The van der Waals surface area contributed by atoms with E-state index in [0.29, 0.717) is 22.0 Å². The third kappa shape index (κ3) is 2.62. The number of aromatic nitrogens is 3. The number of hydrogen-bond acceptors (Lipinski definition) is 4. The van der Waals surface area contributed by atoms with E-state index in [4.69, 9.17) is 17.3 Å². The van der Waals surface area contributed by atoms with Gasteiger partial charge in [-0.25, -0.2) is 0 Å². The number of oxime groups is 1. The molecule has 0 bridgehead atoms. The number of benzene rings is 1. The van der Waals surface area contributed by atoms with Crippen LogP contribution in [0, 0.1) is 13.8 Å². The summed E-state index contributed by atoms with van der Waals surface area (Å²) in [5.41, 5.74) is 9.47. The Hall–Kier alpha value is -2.93. The van der Waals surface area contributed by atoms with Crippen molar-refractivity contribution in [3.63, 3.8) is 0 Å². The van der Waals surface area contributed by atoms with Crippen molar-refractivity contribution < 1.29 is 10.3 Å². The summed E-state index contributed by atoms with van der Waals surface area (Å²) in [4.78, 5) is 0. The maximum Gasteiger partial charge on any atom is 0.187 e. The molecule has 8 heteroatoms. The lowest BCUT2D eigenvalue weighted by molar-refractivity contribution is 0.318. The van der Waals surface area contributed by atoms with E-state index in [2.05, 4.69) is 10.3 Å². The molecule has 0 unspecified atom stereocenters. The molecule has 25 heavy (non-hydrogen) atoms. The van der Waals surface area contributed by atoms with Gasteiger partial charge >= 0.3 is 0 Å². The fourth-order valence-corrected chi connectivity index (χ4v) is 3.25. The van der Waals surface area contributed by atoms with Crippen molar-refractivity contribution in [2.45, 2.75) is 13.8 Å². The average Bonchev–Trinajstić information content (AvgIpc) is 3.05. The molecule has 130 valence electrons. The second-order valence-corrected chi connectivity index (χ2v) is 6.16. The van der Waals surface area contributed by atoms with Gasteiger partial charge in [0.25, 0.3) is 0 Å². The molecule has 0 aliphatic heterocycles. The van der Waals surface area contributed by atoms with Gasteiger partial charge in [-0.1, -0.05) is 16.8 Å². The SMILES string of the molecule is Cc1cnn(C)c1-n1c(/C(N)=N/O)c(C)c(Cl)c1-c1ccc(O)cc1. The van der Waals surface area contributed by atoms with Crippen LogP contribution in [-0.4, -0.2) is 30.5 Å². The lowest BCUT2D eigenvalue weighted by Crippen LogP contribution is -2.21. The molecule has 0 saturated heterocycles. The zero-order chi connectivity index (χ0) is 18.3.